The summed E-state index contributed by atoms with van der Waals surface area (Å²) in [5, 5.41) is 0.286. The fraction of sp³-hybridized carbons (Fsp3) is 0.600. The van der Waals surface area contributed by atoms with Crippen molar-refractivity contribution in [2.75, 3.05) is 0 Å². The molecule has 19 heavy (non-hydrogen) atoms. The van der Waals surface area contributed by atoms with Crippen LogP contribution in [0.1, 0.15) is 26.7 Å². The third-order valence-corrected chi connectivity index (χ3v) is 5.47. The van der Waals surface area contributed by atoms with E-state index < -0.39 is 11.5 Å². The molecule has 0 bridgehead atoms. The molecule has 3 aliphatic rings. The number of ether oxygens (including phenoxy) is 1. The van der Waals surface area contributed by atoms with Crippen molar-refractivity contribution >= 4 is 23.4 Å². The van der Waals surface area contributed by atoms with Crippen LogP contribution in [0.15, 0.2) is 23.3 Å². The van der Waals surface area contributed by atoms with Gasteiger partial charge in [0, 0.05) is 11.5 Å². The molecule has 3 rings (SSSR count). The molecule has 3 nitrogen and oxygen atoms in total. The summed E-state index contributed by atoms with van der Waals surface area (Å²) in [6.07, 6.45) is 3.24. The first-order chi connectivity index (χ1) is 8.87. The predicted molar refractivity (Wildman–Crippen MR) is 71.4 cm³/mol. The summed E-state index contributed by atoms with van der Waals surface area (Å²) in [5.74, 6) is -0.112. The van der Waals surface area contributed by atoms with E-state index in [1.165, 1.54) is 0 Å². The maximum Gasteiger partial charge on any atom is 0.334 e. The maximum atomic E-state index is 12.5. The van der Waals surface area contributed by atoms with Crippen molar-refractivity contribution in [3.05, 3.63) is 23.3 Å². The van der Waals surface area contributed by atoms with E-state index in [-0.39, 0.29) is 28.6 Å². The van der Waals surface area contributed by atoms with E-state index in [4.69, 9.17) is 16.3 Å². The first-order valence-corrected chi connectivity index (χ1v) is 7.07. The Balaban J connectivity index is 2.11. The van der Waals surface area contributed by atoms with E-state index in [9.17, 15) is 9.59 Å². The van der Waals surface area contributed by atoms with Gasteiger partial charge in [-0.25, -0.2) is 4.79 Å². The van der Waals surface area contributed by atoms with Crippen molar-refractivity contribution in [2.24, 2.45) is 23.2 Å². The van der Waals surface area contributed by atoms with Crippen LogP contribution in [0.25, 0.3) is 0 Å². The largest absolute Gasteiger partial charge is 0.457 e. The zero-order valence-corrected chi connectivity index (χ0v) is 11.9. The van der Waals surface area contributed by atoms with Gasteiger partial charge in [0.05, 0.1) is 10.4 Å². The number of halogens is 1. The Morgan fingerprint density at radius 1 is 1.42 bits per heavy atom. The minimum absolute atomic E-state index is 0.0428. The highest BCUT2D eigenvalue weighted by molar-refractivity contribution is 6.44. The van der Waals surface area contributed by atoms with E-state index in [1.807, 2.05) is 13.0 Å². The van der Waals surface area contributed by atoms with Crippen LogP contribution in [0.3, 0.4) is 0 Å². The van der Waals surface area contributed by atoms with Crippen LogP contribution in [-0.2, 0) is 14.3 Å². The van der Waals surface area contributed by atoms with Crippen molar-refractivity contribution in [3.8, 4) is 0 Å². The molecule has 0 aromatic rings. The molecule has 0 aromatic heterocycles. The Morgan fingerprint density at radius 2 is 2.11 bits per heavy atom. The zero-order chi connectivity index (χ0) is 13.9. The number of hydrogen-bond acceptors (Lipinski definition) is 3. The Bertz CT molecular complexity index is 521. The second kappa shape index (κ2) is 3.95. The molecule has 5 atom stereocenters. The van der Waals surface area contributed by atoms with Gasteiger partial charge in [0.15, 0.2) is 5.78 Å². The van der Waals surface area contributed by atoms with Crippen molar-refractivity contribution in [3.63, 3.8) is 0 Å². The van der Waals surface area contributed by atoms with Crippen molar-refractivity contribution < 1.29 is 14.3 Å². The van der Waals surface area contributed by atoms with Gasteiger partial charge in [0.25, 0.3) is 0 Å². The fourth-order valence-electron chi connectivity index (χ4n) is 3.98. The molecule has 2 fully saturated rings. The maximum absolute atomic E-state index is 12.5. The molecule has 0 amide bonds. The van der Waals surface area contributed by atoms with Gasteiger partial charge >= 0.3 is 5.97 Å². The topological polar surface area (TPSA) is 43.4 Å². The average Bonchev–Trinajstić information content (AvgIpc) is 2.74. The van der Waals surface area contributed by atoms with Crippen LogP contribution in [0.2, 0.25) is 0 Å². The van der Waals surface area contributed by atoms with Crippen LogP contribution in [0.5, 0.6) is 0 Å². The van der Waals surface area contributed by atoms with Gasteiger partial charge in [-0.1, -0.05) is 31.2 Å². The number of ketones is 1. The number of carbonyl (C=O) groups is 2. The summed E-state index contributed by atoms with van der Waals surface area (Å²) in [5.41, 5.74) is -0.220. The van der Waals surface area contributed by atoms with Gasteiger partial charge in [-0.2, -0.15) is 0 Å². The predicted octanol–water partition coefficient (Wildman–Crippen LogP) is 2.84. The van der Waals surface area contributed by atoms with E-state index in [2.05, 4.69) is 13.5 Å². The normalized spacial score (nSPS) is 45.4. The monoisotopic (exact) mass is 280 g/mol. The molecule has 5 unspecified atom stereocenters. The number of hydrogen-bond donors (Lipinski definition) is 0. The Hall–Kier alpha value is -1.09. The van der Waals surface area contributed by atoms with E-state index in [0.29, 0.717) is 11.5 Å². The lowest BCUT2D eigenvalue weighted by Gasteiger charge is -2.36. The molecule has 0 radical (unpaired) electrons. The number of esters is 1. The number of fused-ring (bicyclic) bond motifs is 3. The average molecular weight is 281 g/mol. The molecule has 0 N–H and O–H groups in total. The smallest absolute Gasteiger partial charge is 0.334 e. The molecule has 0 aromatic carbocycles. The molecular formula is C15H17ClO3. The van der Waals surface area contributed by atoms with Crippen LogP contribution in [0.4, 0.5) is 0 Å². The van der Waals surface area contributed by atoms with E-state index >= 15 is 0 Å². The lowest BCUT2D eigenvalue weighted by atomic mass is 9.68. The van der Waals surface area contributed by atoms with Crippen LogP contribution in [-0.4, -0.2) is 17.9 Å². The number of rotatable bonds is 0. The minimum atomic E-state index is -0.729. The molecular weight excluding hydrogens is 264 g/mol. The molecule has 1 saturated carbocycles. The summed E-state index contributed by atoms with van der Waals surface area (Å²) in [7, 11) is 0. The lowest BCUT2D eigenvalue weighted by molar-refractivity contribution is -0.150. The lowest BCUT2D eigenvalue weighted by Crippen LogP contribution is -2.45. The second-order valence-electron chi connectivity index (χ2n) is 6.16. The number of allylic oxidation sites excluding steroid dienone is 2. The number of carbonyl (C=O) groups excluding carboxylic acids is 2. The standard InChI is InChI=1S/C15H17ClO3/c1-7-4-5-9-8(2)14(18)19-13(9)15(3)10(7)6-11(16)12(15)17/h6-7,9-10,13H,2,4-5H2,1,3H3. The molecule has 2 aliphatic carbocycles. The quantitative estimate of drug-likeness (QED) is 0.506. The van der Waals surface area contributed by atoms with Gasteiger partial charge in [0.1, 0.15) is 6.10 Å². The third kappa shape index (κ3) is 1.51. The SMILES string of the molecule is C=C1C(=O)OC2C1CCC(C)C1C=C(Cl)C(=O)C12C. The van der Waals surface area contributed by atoms with Crippen molar-refractivity contribution in [2.45, 2.75) is 32.8 Å². The molecule has 1 heterocycles. The van der Waals surface area contributed by atoms with Crippen LogP contribution < -0.4 is 0 Å². The molecule has 1 aliphatic heterocycles. The summed E-state index contributed by atoms with van der Waals surface area (Å²) in [6, 6.07) is 0. The second-order valence-corrected chi connectivity index (χ2v) is 6.57. The summed E-state index contributed by atoms with van der Waals surface area (Å²) in [6.45, 7) is 7.86. The Morgan fingerprint density at radius 3 is 2.79 bits per heavy atom. The first-order valence-electron chi connectivity index (χ1n) is 6.69. The highest BCUT2D eigenvalue weighted by Gasteiger charge is 2.61. The first kappa shape index (κ1) is 12.9. The fourth-order valence-corrected chi connectivity index (χ4v) is 4.32. The summed E-state index contributed by atoms with van der Waals surface area (Å²) in [4.78, 5) is 24.3. The summed E-state index contributed by atoms with van der Waals surface area (Å²) >= 11 is 6.06. The Kier molecular flexibility index (Phi) is 2.69. The molecule has 0 spiro atoms. The zero-order valence-electron chi connectivity index (χ0n) is 11.1. The molecule has 1 saturated heterocycles. The molecule has 102 valence electrons. The number of Topliss-reactive ketones (excluding diaryl/α,β-unsaturated/α-hetero) is 1. The highest BCUT2D eigenvalue weighted by Crippen LogP contribution is 2.56. The van der Waals surface area contributed by atoms with Crippen molar-refractivity contribution in [1.29, 1.82) is 0 Å². The van der Waals surface area contributed by atoms with Crippen LogP contribution >= 0.6 is 11.6 Å². The molecule has 4 heteroatoms. The minimum Gasteiger partial charge on any atom is -0.457 e. The van der Waals surface area contributed by atoms with Gasteiger partial charge in [0.2, 0.25) is 0 Å². The van der Waals surface area contributed by atoms with Gasteiger partial charge in [-0.05, 0) is 31.6 Å². The van der Waals surface area contributed by atoms with Gasteiger partial charge in [-0.3, -0.25) is 4.79 Å². The highest BCUT2D eigenvalue weighted by atomic mass is 35.5. The van der Waals surface area contributed by atoms with Gasteiger partial charge in [-0.15, -0.1) is 0 Å². The van der Waals surface area contributed by atoms with Gasteiger partial charge < -0.3 is 4.74 Å². The summed E-state index contributed by atoms with van der Waals surface area (Å²) < 4.78 is 5.49. The van der Waals surface area contributed by atoms with Crippen LogP contribution in [0, 0.1) is 23.2 Å². The van der Waals surface area contributed by atoms with E-state index in [0.717, 1.165) is 12.8 Å². The van der Waals surface area contributed by atoms with Crippen molar-refractivity contribution in [1.82, 2.24) is 0 Å². The third-order valence-electron chi connectivity index (χ3n) is 5.17. The Labute approximate surface area is 117 Å². The van der Waals surface area contributed by atoms with E-state index in [1.54, 1.807) is 0 Å².